The molecule has 1 heterocycles. The fourth-order valence-electron chi connectivity index (χ4n) is 1.28. The molecule has 0 atom stereocenters. The summed E-state index contributed by atoms with van der Waals surface area (Å²) in [5.74, 6) is -1.62. The summed E-state index contributed by atoms with van der Waals surface area (Å²) in [6.45, 7) is 1.63. The van der Waals surface area contributed by atoms with Gasteiger partial charge in [-0.05, 0) is 0 Å². The van der Waals surface area contributed by atoms with Gasteiger partial charge >= 0.3 is 5.97 Å². The van der Waals surface area contributed by atoms with Gasteiger partial charge in [-0.25, -0.2) is 9.78 Å². The van der Waals surface area contributed by atoms with Crippen LogP contribution in [0.1, 0.15) is 33.5 Å². The van der Waals surface area contributed by atoms with Gasteiger partial charge in [0.25, 0.3) is 0 Å². The third-order valence-corrected chi connectivity index (χ3v) is 3.38. The number of hydrogen-bond acceptors (Lipinski definition) is 6. The standard InChI is InChI=1S/C11H15N3O4S/c1-6(15)9-8(10(17)18)13-11(19-9)12-5-4-7(16)14(2)3/h4-5H2,1-3H3,(H,12,13)(H,17,18). The maximum Gasteiger partial charge on any atom is 0.356 e. The van der Waals surface area contributed by atoms with Gasteiger partial charge in [0.1, 0.15) is 4.88 Å². The maximum atomic E-state index is 11.3. The van der Waals surface area contributed by atoms with E-state index in [-0.39, 0.29) is 28.7 Å². The van der Waals surface area contributed by atoms with E-state index in [1.54, 1.807) is 14.1 Å². The molecule has 0 aliphatic heterocycles. The lowest BCUT2D eigenvalue weighted by molar-refractivity contribution is -0.128. The molecule has 0 spiro atoms. The Morgan fingerprint density at radius 3 is 2.42 bits per heavy atom. The Kier molecular flexibility index (Phi) is 4.99. The molecule has 0 aromatic carbocycles. The number of aromatic carboxylic acids is 1. The van der Waals surface area contributed by atoms with Crippen LogP contribution in [0.2, 0.25) is 0 Å². The quantitative estimate of drug-likeness (QED) is 0.754. The van der Waals surface area contributed by atoms with Crippen molar-refractivity contribution in [3.05, 3.63) is 10.6 Å². The lowest BCUT2D eigenvalue weighted by Gasteiger charge is -2.09. The molecule has 0 fully saturated rings. The van der Waals surface area contributed by atoms with Crippen molar-refractivity contribution in [3.8, 4) is 0 Å². The first-order chi connectivity index (χ1) is 8.82. The molecule has 0 saturated heterocycles. The van der Waals surface area contributed by atoms with Gasteiger partial charge in [0, 0.05) is 34.0 Å². The number of aromatic nitrogens is 1. The molecular formula is C11H15N3O4S. The molecule has 8 heteroatoms. The largest absolute Gasteiger partial charge is 0.476 e. The van der Waals surface area contributed by atoms with Gasteiger partial charge in [-0.3, -0.25) is 9.59 Å². The number of rotatable bonds is 6. The number of amides is 1. The summed E-state index contributed by atoms with van der Waals surface area (Å²) in [7, 11) is 3.31. The van der Waals surface area contributed by atoms with E-state index in [2.05, 4.69) is 10.3 Å². The number of Topliss-reactive ketones (excluding diaryl/α,β-unsaturated/α-hetero) is 1. The van der Waals surface area contributed by atoms with Gasteiger partial charge < -0.3 is 15.3 Å². The number of carboxylic acid groups (broad SMARTS) is 1. The van der Waals surface area contributed by atoms with Gasteiger partial charge in [-0.15, -0.1) is 0 Å². The van der Waals surface area contributed by atoms with E-state index in [1.165, 1.54) is 11.8 Å². The van der Waals surface area contributed by atoms with Crippen LogP contribution in [0.3, 0.4) is 0 Å². The third-order valence-electron chi connectivity index (χ3n) is 2.26. The van der Waals surface area contributed by atoms with Gasteiger partial charge in [-0.1, -0.05) is 11.3 Å². The normalized spacial score (nSPS) is 10.1. The molecule has 19 heavy (non-hydrogen) atoms. The molecule has 0 radical (unpaired) electrons. The number of anilines is 1. The highest BCUT2D eigenvalue weighted by Gasteiger charge is 2.20. The molecule has 0 aliphatic carbocycles. The maximum absolute atomic E-state index is 11.3. The first-order valence-electron chi connectivity index (χ1n) is 5.52. The van der Waals surface area contributed by atoms with Crippen molar-refractivity contribution in [2.24, 2.45) is 0 Å². The van der Waals surface area contributed by atoms with Gasteiger partial charge in [-0.2, -0.15) is 0 Å². The SMILES string of the molecule is CC(=O)c1sc(NCCC(=O)N(C)C)nc1C(=O)O. The van der Waals surface area contributed by atoms with E-state index < -0.39 is 5.97 Å². The highest BCUT2D eigenvalue weighted by molar-refractivity contribution is 7.17. The first kappa shape index (κ1) is 15.1. The average molecular weight is 285 g/mol. The lowest BCUT2D eigenvalue weighted by atomic mass is 10.3. The lowest BCUT2D eigenvalue weighted by Crippen LogP contribution is -2.23. The number of carboxylic acids is 1. The molecule has 0 aliphatic rings. The smallest absolute Gasteiger partial charge is 0.356 e. The molecule has 1 amide bonds. The number of nitrogens with zero attached hydrogens (tertiary/aromatic N) is 2. The fraction of sp³-hybridized carbons (Fsp3) is 0.455. The molecule has 1 aromatic rings. The van der Waals surface area contributed by atoms with Crippen LogP contribution in [0.5, 0.6) is 0 Å². The van der Waals surface area contributed by atoms with E-state index in [0.717, 1.165) is 11.3 Å². The fourth-order valence-corrected chi connectivity index (χ4v) is 2.16. The van der Waals surface area contributed by atoms with Crippen LogP contribution in [0, 0.1) is 0 Å². The van der Waals surface area contributed by atoms with Crippen molar-refractivity contribution in [1.29, 1.82) is 0 Å². The second-order valence-corrected chi connectivity index (χ2v) is 5.02. The van der Waals surface area contributed by atoms with Crippen molar-refractivity contribution in [2.45, 2.75) is 13.3 Å². The first-order valence-corrected chi connectivity index (χ1v) is 6.33. The predicted molar refractivity (Wildman–Crippen MR) is 70.9 cm³/mol. The van der Waals surface area contributed by atoms with Crippen molar-refractivity contribution in [3.63, 3.8) is 0 Å². The highest BCUT2D eigenvalue weighted by atomic mass is 32.1. The number of hydrogen-bond donors (Lipinski definition) is 2. The summed E-state index contributed by atoms with van der Waals surface area (Å²) in [6.07, 6.45) is 0.268. The zero-order valence-corrected chi connectivity index (χ0v) is 11.7. The molecule has 104 valence electrons. The molecule has 7 nitrogen and oxygen atoms in total. The predicted octanol–water partition coefficient (Wildman–Crippen LogP) is 0.934. The summed E-state index contributed by atoms with van der Waals surface area (Å²) >= 11 is 0.978. The van der Waals surface area contributed by atoms with Crippen LogP contribution < -0.4 is 5.32 Å². The zero-order valence-electron chi connectivity index (χ0n) is 10.9. The van der Waals surface area contributed by atoms with Crippen molar-refractivity contribution < 1.29 is 19.5 Å². The monoisotopic (exact) mass is 285 g/mol. The Hall–Kier alpha value is -1.96. The van der Waals surface area contributed by atoms with Crippen LogP contribution in [-0.4, -0.2) is 53.3 Å². The minimum absolute atomic E-state index is 0.0469. The van der Waals surface area contributed by atoms with Crippen LogP contribution >= 0.6 is 11.3 Å². The van der Waals surface area contributed by atoms with Gasteiger partial charge in [0.15, 0.2) is 16.6 Å². The molecule has 0 unspecified atom stereocenters. The van der Waals surface area contributed by atoms with Crippen molar-refractivity contribution in [1.82, 2.24) is 9.88 Å². The average Bonchev–Trinajstić information content (AvgIpc) is 2.73. The van der Waals surface area contributed by atoms with E-state index in [9.17, 15) is 14.4 Å². The molecule has 1 rings (SSSR count). The van der Waals surface area contributed by atoms with E-state index >= 15 is 0 Å². The molecule has 1 aromatic heterocycles. The summed E-state index contributed by atoms with van der Waals surface area (Å²) in [6, 6.07) is 0. The van der Waals surface area contributed by atoms with Crippen LogP contribution in [-0.2, 0) is 4.79 Å². The summed E-state index contributed by atoms with van der Waals surface area (Å²) in [5, 5.41) is 12.1. The Morgan fingerprint density at radius 1 is 1.37 bits per heavy atom. The number of ketones is 1. The van der Waals surface area contributed by atoms with Crippen LogP contribution in [0.25, 0.3) is 0 Å². The minimum Gasteiger partial charge on any atom is -0.476 e. The van der Waals surface area contributed by atoms with Gasteiger partial charge in [0.05, 0.1) is 0 Å². The second-order valence-electron chi connectivity index (χ2n) is 4.02. The van der Waals surface area contributed by atoms with Gasteiger partial charge in [0.2, 0.25) is 5.91 Å². The number of carbonyl (C=O) groups excluding carboxylic acids is 2. The topological polar surface area (TPSA) is 99.6 Å². The minimum atomic E-state index is -1.24. The molecular weight excluding hydrogens is 270 g/mol. The van der Waals surface area contributed by atoms with Crippen molar-refractivity contribution in [2.75, 3.05) is 26.0 Å². The Bertz CT molecular complexity index is 479. The zero-order chi connectivity index (χ0) is 14.6. The number of nitrogens with one attached hydrogen (secondary N) is 1. The third kappa shape index (κ3) is 4.02. The summed E-state index contributed by atoms with van der Waals surface area (Å²) in [5.41, 5.74) is -0.251. The van der Waals surface area contributed by atoms with E-state index in [1.807, 2.05) is 0 Å². The highest BCUT2D eigenvalue weighted by Crippen LogP contribution is 2.23. The van der Waals surface area contributed by atoms with E-state index in [0.29, 0.717) is 11.7 Å². The molecule has 2 N–H and O–H groups in total. The summed E-state index contributed by atoms with van der Waals surface area (Å²) < 4.78 is 0. The Labute approximate surface area is 114 Å². The second kappa shape index (κ2) is 6.28. The Morgan fingerprint density at radius 2 is 2.00 bits per heavy atom. The number of carbonyl (C=O) groups is 3. The van der Waals surface area contributed by atoms with Crippen LogP contribution in [0.4, 0.5) is 5.13 Å². The van der Waals surface area contributed by atoms with E-state index in [4.69, 9.17) is 5.11 Å². The molecule has 0 bridgehead atoms. The Balaban J connectivity index is 2.70. The molecule has 0 saturated carbocycles. The van der Waals surface area contributed by atoms with Crippen LogP contribution in [0.15, 0.2) is 0 Å². The summed E-state index contributed by atoms with van der Waals surface area (Å²) in [4.78, 5) is 38.9. The number of thiazole rings is 1. The van der Waals surface area contributed by atoms with Crippen molar-refractivity contribution >= 4 is 34.1 Å².